The summed E-state index contributed by atoms with van der Waals surface area (Å²) in [6.07, 6.45) is -0.350. The predicted octanol–water partition coefficient (Wildman–Crippen LogP) is 2.67. The maximum atomic E-state index is 13.1. The van der Waals surface area contributed by atoms with E-state index in [0.717, 1.165) is 11.0 Å². The number of urea groups is 1. The number of amides is 3. The summed E-state index contributed by atoms with van der Waals surface area (Å²) in [4.78, 5) is 27.4. The van der Waals surface area contributed by atoms with Crippen molar-refractivity contribution in [3.8, 4) is 6.07 Å². The Morgan fingerprint density at radius 1 is 1.21 bits per heavy atom. The van der Waals surface area contributed by atoms with Gasteiger partial charge < -0.3 is 4.90 Å². The number of imide groups is 1. The number of hydrogen-bond acceptors (Lipinski definition) is 3. The molecule has 1 aliphatic carbocycles. The number of anilines is 1. The summed E-state index contributed by atoms with van der Waals surface area (Å²) in [5, 5.41) is 8.84. The fourth-order valence-corrected chi connectivity index (χ4v) is 3.71. The fraction of sp³-hybridized carbons (Fsp3) is 0.312. The van der Waals surface area contributed by atoms with Crippen LogP contribution in [-0.2, 0) is 11.0 Å². The van der Waals surface area contributed by atoms with Gasteiger partial charge in [-0.05, 0) is 24.6 Å². The third kappa shape index (κ3) is 1.81. The summed E-state index contributed by atoms with van der Waals surface area (Å²) in [5.74, 6) is -0.605. The van der Waals surface area contributed by atoms with Crippen molar-refractivity contribution in [3.05, 3.63) is 41.5 Å². The lowest BCUT2D eigenvalue weighted by atomic mass is 10.0. The van der Waals surface area contributed by atoms with Gasteiger partial charge in [0.2, 0.25) is 0 Å². The monoisotopic (exact) mass is 333 g/mol. The van der Waals surface area contributed by atoms with E-state index in [1.165, 1.54) is 17.0 Å². The summed E-state index contributed by atoms with van der Waals surface area (Å²) >= 11 is 0. The molecule has 122 valence electrons. The fourth-order valence-electron chi connectivity index (χ4n) is 3.71. The van der Waals surface area contributed by atoms with E-state index < -0.39 is 35.3 Å². The van der Waals surface area contributed by atoms with Crippen LogP contribution in [0, 0.1) is 17.2 Å². The van der Waals surface area contributed by atoms with Crippen LogP contribution in [0.5, 0.6) is 0 Å². The van der Waals surface area contributed by atoms with Gasteiger partial charge in [0, 0.05) is 5.92 Å². The standard InChI is InChI=1S/C16H10F3N3O2/c17-16(18,19)12-6-11(4-2-9(12)7-20)22-14(23)13-8-1-3-10(5-8)21(13)15(22)24/h1-4,6,8,10,13H,5H2/t8?,10?,13-/m0/s1. The molecule has 0 spiro atoms. The Balaban J connectivity index is 1.77. The molecule has 2 bridgehead atoms. The molecular weight excluding hydrogens is 323 g/mol. The molecule has 0 radical (unpaired) electrons. The van der Waals surface area contributed by atoms with Crippen LogP contribution in [0.2, 0.25) is 0 Å². The molecule has 5 nitrogen and oxygen atoms in total. The lowest BCUT2D eigenvalue weighted by molar-refractivity contribution is -0.137. The highest BCUT2D eigenvalue weighted by atomic mass is 19.4. The first-order valence-electron chi connectivity index (χ1n) is 7.29. The summed E-state index contributed by atoms with van der Waals surface area (Å²) in [5.41, 5.74) is -1.87. The highest BCUT2D eigenvalue weighted by Gasteiger charge is 2.57. The van der Waals surface area contributed by atoms with Crippen molar-refractivity contribution in [2.75, 3.05) is 4.90 Å². The third-order valence-electron chi connectivity index (χ3n) is 4.73. The van der Waals surface area contributed by atoms with Gasteiger partial charge in [0.05, 0.1) is 28.9 Å². The number of rotatable bonds is 1. The van der Waals surface area contributed by atoms with Crippen LogP contribution in [0.3, 0.4) is 0 Å². The topological polar surface area (TPSA) is 64.4 Å². The summed E-state index contributed by atoms with van der Waals surface area (Å²) in [7, 11) is 0. The summed E-state index contributed by atoms with van der Waals surface area (Å²) in [6.45, 7) is 0. The van der Waals surface area contributed by atoms with Crippen LogP contribution < -0.4 is 4.90 Å². The third-order valence-corrected chi connectivity index (χ3v) is 4.73. The van der Waals surface area contributed by atoms with E-state index in [-0.39, 0.29) is 17.6 Å². The van der Waals surface area contributed by atoms with E-state index in [2.05, 4.69) is 0 Å². The molecule has 3 amide bonds. The van der Waals surface area contributed by atoms with Crippen molar-refractivity contribution in [3.63, 3.8) is 0 Å². The average Bonchev–Trinajstić information content (AvgIpc) is 3.20. The highest BCUT2D eigenvalue weighted by Crippen LogP contribution is 2.44. The van der Waals surface area contributed by atoms with E-state index in [1.807, 2.05) is 12.2 Å². The minimum Gasteiger partial charge on any atom is -0.305 e. The molecule has 24 heavy (non-hydrogen) atoms. The second-order valence-electron chi connectivity index (χ2n) is 6.00. The van der Waals surface area contributed by atoms with Gasteiger partial charge in [-0.15, -0.1) is 0 Å². The van der Waals surface area contributed by atoms with Gasteiger partial charge in [0.1, 0.15) is 6.04 Å². The van der Waals surface area contributed by atoms with Crippen molar-refractivity contribution >= 4 is 17.6 Å². The van der Waals surface area contributed by atoms with Gasteiger partial charge in [-0.1, -0.05) is 12.2 Å². The normalized spacial score (nSPS) is 27.8. The molecule has 0 N–H and O–H groups in total. The van der Waals surface area contributed by atoms with Gasteiger partial charge in [0.25, 0.3) is 5.91 Å². The maximum absolute atomic E-state index is 13.1. The summed E-state index contributed by atoms with van der Waals surface area (Å²) in [6, 6.07) is 2.91. The quantitative estimate of drug-likeness (QED) is 0.586. The smallest absolute Gasteiger partial charge is 0.305 e. The first kappa shape index (κ1) is 14.8. The molecular formula is C16H10F3N3O2. The zero-order valence-electron chi connectivity index (χ0n) is 12.1. The van der Waals surface area contributed by atoms with Crippen molar-refractivity contribution < 1.29 is 22.8 Å². The number of hydrogen-bond donors (Lipinski definition) is 0. The molecule has 1 aromatic rings. The number of fused-ring (bicyclic) bond motifs is 5. The second kappa shape index (κ2) is 4.60. The van der Waals surface area contributed by atoms with Crippen LogP contribution >= 0.6 is 0 Å². The van der Waals surface area contributed by atoms with Crippen molar-refractivity contribution in [2.24, 2.45) is 5.92 Å². The molecule has 2 unspecified atom stereocenters. The minimum atomic E-state index is -4.75. The molecule has 1 aromatic carbocycles. The largest absolute Gasteiger partial charge is 0.417 e. The van der Waals surface area contributed by atoms with E-state index in [4.69, 9.17) is 5.26 Å². The first-order chi connectivity index (χ1) is 11.3. The molecule has 2 aliphatic heterocycles. The van der Waals surface area contributed by atoms with Gasteiger partial charge in [-0.2, -0.15) is 18.4 Å². The zero-order valence-corrected chi connectivity index (χ0v) is 12.1. The van der Waals surface area contributed by atoms with Crippen molar-refractivity contribution in [1.29, 1.82) is 5.26 Å². The maximum Gasteiger partial charge on any atom is 0.417 e. The van der Waals surface area contributed by atoms with Gasteiger partial charge in [0.15, 0.2) is 0 Å². The van der Waals surface area contributed by atoms with Gasteiger partial charge >= 0.3 is 12.2 Å². The van der Waals surface area contributed by atoms with Crippen LogP contribution in [0.4, 0.5) is 23.7 Å². The number of carbonyl (C=O) groups is 2. The molecule has 2 saturated heterocycles. The van der Waals surface area contributed by atoms with Crippen LogP contribution in [0.15, 0.2) is 30.4 Å². The van der Waals surface area contributed by atoms with E-state index in [0.29, 0.717) is 12.5 Å². The molecule has 4 rings (SSSR count). The van der Waals surface area contributed by atoms with Crippen LogP contribution in [0.25, 0.3) is 0 Å². The Morgan fingerprint density at radius 2 is 1.96 bits per heavy atom. The Kier molecular flexibility index (Phi) is 2.83. The van der Waals surface area contributed by atoms with E-state index in [9.17, 15) is 22.8 Å². The molecule has 3 aliphatic rings. The molecule has 2 heterocycles. The second-order valence-corrected chi connectivity index (χ2v) is 6.00. The lowest BCUT2D eigenvalue weighted by Crippen LogP contribution is -2.38. The minimum absolute atomic E-state index is 0.0862. The van der Waals surface area contributed by atoms with Crippen molar-refractivity contribution in [1.82, 2.24) is 4.90 Å². The van der Waals surface area contributed by atoms with E-state index in [1.54, 1.807) is 0 Å². The van der Waals surface area contributed by atoms with Crippen LogP contribution in [-0.4, -0.2) is 28.9 Å². The number of carbonyl (C=O) groups excluding carboxylic acids is 2. The SMILES string of the molecule is N#Cc1ccc(N2C(=O)[C@@H]3C4C=CC(C4)N3C2=O)cc1C(F)(F)F. The Bertz CT molecular complexity index is 810. The Morgan fingerprint density at radius 3 is 2.58 bits per heavy atom. The molecule has 3 atom stereocenters. The van der Waals surface area contributed by atoms with E-state index >= 15 is 0 Å². The number of benzene rings is 1. The van der Waals surface area contributed by atoms with Crippen LogP contribution in [0.1, 0.15) is 17.5 Å². The highest BCUT2D eigenvalue weighted by molar-refractivity contribution is 6.22. The molecule has 2 fully saturated rings. The number of halogens is 3. The number of nitriles is 1. The molecule has 0 aromatic heterocycles. The average molecular weight is 333 g/mol. The number of nitrogens with zero attached hydrogens (tertiary/aromatic N) is 3. The van der Waals surface area contributed by atoms with Crippen molar-refractivity contribution in [2.45, 2.75) is 24.7 Å². The Hall–Kier alpha value is -2.82. The molecule has 0 saturated carbocycles. The molecule has 8 heteroatoms. The van der Waals surface area contributed by atoms with Gasteiger partial charge in [-0.25, -0.2) is 9.69 Å². The zero-order chi connectivity index (χ0) is 17.2. The predicted molar refractivity (Wildman–Crippen MR) is 75.7 cm³/mol. The summed E-state index contributed by atoms with van der Waals surface area (Å²) < 4.78 is 39.3. The lowest BCUT2D eigenvalue weighted by Gasteiger charge is -2.22. The Labute approximate surface area is 134 Å². The number of alkyl halides is 3. The first-order valence-corrected chi connectivity index (χ1v) is 7.29. The van der Waals surface area contributed by atoms with Gasteiger partial charge in [-0.3, -0.25) is 4.79 Å².